The molecule has 0 atom stereocenters. The Hall–Kier alpha value is -1.16. The smallest absolute Gasteiger partial charge is 0.423 e. The molecule has 5 nitrogen and oxygen atoms in total. The van der Waals surface area contributed by atoms with E-state index in [4.69, 9.17) is 10.0 Å². The first-order chi connectivity index (χ1) is 9.45. The first-order valence-corrected chi connectivity index (χ1v) is 7.55. The second-order valence-electron chi connectivity index (χ2n) is 4.30. The Morgan fingerprint density at radius 3 is 2.65 bits per heavy atom. The van der Waals surface area contributed by atoms with Gasteiger partial charge < -0.3 is 14.9 Å². The van der Waals surface area contributed by atoms with Gasteiger partial charge in [0.25, 0.3) is 0 Å². The number of nitrogens with zero attached hydrogens (tertiary/aromatic N) is 3. The summed E-state index contributed by atoms with van der Waals surface area (Å²) in [7, 11) is 2.10. The van der Waals surface area contributed by atoms with Crippen molar-refractivity contribution in [3.05, 3.63) is 29.6 Å². The number of hydrogen-bond donors (Lipinski definition) is 2. The highest BCUT2D eigenvalue weighted by molar-refractivity contribution is 8.00. The summed E-state index contributed by atoms with van der Waals surface area (Å²) in [6, 6.07) is 4.04. The molecule has 0 fully saturated rings. The maximum Gasteiger partial charge on any atom is 0.488 e. The first kappa shape index (κ1) is 15.2. The fraction of sp³-hybridized carbons (Fsp3) is 0.273. The van der Waals surface area contributed by atoms with E-state index in [1.54, 1.807) is 6.07 Å². The van der Waals surface area contributed by atoms with Crippen LogP contribution in [0.5, 0.6) is 0 Å². The Morgan fingerprint density at radius 2 is 2.05 bits per heavy atom. The molecule has 0 aliphatic carbocycles. The van der Waals surface area contributed by atoms with Crippen LogP contribution in [0, 0.1) is 5.82 Å². The molecule has 0 aliphatic heterocycles. The molecule has 0 saturated carbocycles. The van der Waals surface area contributed by atoms with Gasteiger partial charge in [-0.3, -0.25) is 0 Å². The van der Waals surface area contributed by atoms with Crippen LogP contribution < -0.4 is 10.4 Å². The zero-order chi connectivity index (χ0) is 14.7. The summed E-state index contributed by atoms with van der Waals surface area (Å²) < 4.78 is 14.1. The summed E-state index contributed by atoms with van der Waals surface area (Å²) in [4.78, 5) is 1.87. The van der Waals surface area contributed by atoms with Crippen LogP contribution in [0.15, 0.2) is 22.5 Å². The molecular formula is C11H13BFN3O2S2. The molecule has 106 valence electrons. The molecule has 2 aromatic rings. The Morgan fingerprint density at radius 1 is 1.30 bits per heavy atom. The minimum atomic E-state index is -1.67. The summed E-state index contributed by atoms with van der Waals surface area (Å²) in [5, 5.41) is 27.0. The lowest BCUT2D eigenvalue weighted by Gasteiger charge is -2.05. The normalized spacial score (nSPS) is 10.7. The highest BCUT2D eigenvalue weighted by atomic mass is 32.2. The number of anilines is 1. The predicted molar refractivity (Wildman–Crippen MR) is 80.0 cm³/mol. The van der Waals surface area contributed by atoms with Crippen LogP contribution in [0.2, 0.25) is 0 Å². The van der Waals surface area contributed by atoms with Crippen molar-refractivity contribution >= 4 is 40.8 Å². The molecule has 9 heteroatoms. The van der Waals surface area contributed by atoms with E-state index >= 15 is 0 Å². The second-order valence-corrected chi connectivity index (χ2v) is 6.48. The van der Waals surface area contributed by atoms with Gasteiger partial charge in [-0.2, -0.15) is 0 Å². The summed E-state index contributed by atoms with van der Waals surface area (Å²) in [5.41, 5.74) is 0.812. The van der Waals surface area contributed by atoms with Gasteiger partial charge in [-0.1, -0.05) is 29.2 Å². The summed E-state index contributed by atoms with van der Waals surface area (Å²) in [6.07, 6.45) is 0. The zero-order valence-corrected chi connectivity index (χ0v) is 12.6. The van der Waals surface area contributed by atoms with E-state index in [-0.39, 0.29) is 5.46 Å². The van der Waals surface area contributed by atoms with Crippen LogP contribution >= 0.6 is 23.1 Å². The average molecular weight is 313 g/mol. The molecule has 0 aliphatic rings. The van der Waals surface area contributed by atoms with E-state index in [9.17, 15) is 4.39 Å². The van der Waals surface area contributed by atoms with Gasteiger partial charge in [-0.05, 0) is 23.2 Å². The minimum Gasteiger partial charge on any atom is -0.423 e. The Kier molecular flexibility index (Phi) is 4.98. The summed E-state index contributed by atoms with van der Waals surface area (Å²) in [5.74, 6) is -0.00282. The third kappa shape index (κ3) is 3.92. The van der Waals surface area contributed by atoms with Gasteiger partial charge in [0.2, 0.25) is 5.13 Å². The van der Waals surface area contributed by atoms with Gasteiger partial charge >= 0.3 is 7.12 Å². The van der Waals surface area contributed by atoms with Crippen LogP contribution in [0.1, 0.15) is 5.56 Å². The Balaban J connectivity index is 2.06. The van der Waals surface area contributed by atoms with Gasteiger partial charge in [0.1, 0.15) is 5.82 Å². The molecule has 0 amide bonds. The molecule has 2 N–H and O–H groups in total. The number of thioether (sulfide) groups is 1. The molecule has 0 spiro atoms. The average Bonchev–Trinajstić information content (AvgIpc) is 2.84. The number of benzene rings is 1. The Bertz CT molecular complexity index is 595. The lowest BCUT2D eigenvalue weighted by atomic mass is 9.79. The Labute approximate surface area is 124 Å². The molecule has 0 radical (unpaired) electrons. The first-order valence-electron chi connectivity index (χ1n) is 5.75. The van der Waals surface area contributed by atoms with Crippen molar-refractivity contribution < 1.29 is 14.4 Å². The molecule has 0 bridgehead atoms. The van der Waals surface area contributed by atoms with Crippen LogP contribution in [-0.4, -0.2) is 41.5 Å². The van der Waals surface area contributed by atoms with Gasteiger partial charge in [0.05, 0.1) is 0 Å². The summed E-state index contributed by atoms with van der Waals surface area (Å²) in [6.45, 7) is 0. The highest BCUT2D eigenvalue weighted by Gasteiger charge is 2.14. The van der Waals surface area contributed by atoms with Crippen LogP contribution in [0.4, 0.5) is 9.52 Å². The fourth-order valence-electron chi connectivity index (χ4n) is 1.49. The standard InChI is InChI=1S/C11H13BFN3O2S2/c1-16(2)10-14-15-11(20-10)19-6-7-3-8(12(17)18)5-9(13)4-7/h3-5,17-18H,6H2,1-2H3. The van der Waals surface area contributed by atoms with Gasteiger partial charge in [0, 0.05) is 19.8 Å². The molecule has 0 saturated heterocycles. The molecule has 20 heavy (non-hydrogen) atoms. The molecule has 1 heterocycles. The molecule has 1 aromatic carbocycles. The van der Waals surface area contributed by atoms with Crippen molar-refractivity contribution in [2.24, 2.45) is 0 Å². The lowest BCUT2D eigenvalue weighted by molar-refractivity contribution is 0.425. The molecular weight excluding hydrogens is 300 g/mol. The molecule has 0 unspecified atom stereocenters. The van der Waals surface area contributed by atoms with E-state index in [1.165, 1.54) is 29.2 Å². The maximum absolute atomic E-state index is 13.4. The zero-order valence-electron chi connectivity index (χ0n) is 10.9. The number of halogens is 1. The quantitative estimate of drug-likeness (QED) is 0.626. The second kappa shape index (κ2) is 6.53. The SMILES string of the molecule is CN(C)c1nnc(SCc2cc(F)cc(B(O)O)c2)s1. The van der Waals surface area contributed by atoms with E-state index in [1.807, 2.05) is 19.0 Å². The third-order valence-electron chi connectivity index (χ3n) is 2.42. The van der Waals surface area contributed by atoms with Gasteiger partial charge in [0.15, 0.2) is 4.34 Å². The van der Waals surface area contributed by atoms with Crippen LogP contribution in [0.25, 0.3) is 0 Å². The van der Waals surface area contributed by atoms with Crippen molar-refractivity contribution in [3.8, 4) is 0 Å². The largest absolute Gasteiger partial charge is 0.488 e. The third-order valence-corrected chi connectivity index (χ3v) is 4.71. The number of rotatable bonds is 5. The number of aromatic nitrogens is 2. The summed E-state index contributed by atoms with van der Waals surface area (Å²) >= 11 is 2.88. The monoisotopic (exact) mass is 313 g/mol. The van der Waals surface area contributed by atoms with E-state index in [0.29, 0.717) is 11.3 Å². The predicted octanol–water partition coefficient (Wildman–Crippen LogP) is 0.715. The van der Waals surface area contributed by atoms with E-state index in [0.717, 1.165) is 15.5 Å². The van der Waals surface area contributed by atoms with Crippen molar-refractivity contribution in [2.45, 2.75) is 10.1 Å². The van der Waals surface area contributed by atoms with Crippen LogP contribution in [0.3, 0.4) is 0 Å². The van der Waals surface area contributed by atoms with Crippen molar-refractivity contribution in [3.63, 3.8) is 0 Å². The topological polar surface area (TPSA) is 69.5 Å². The van der Waals surface area contributed by atoms with E-state index in [2.05, 4.69) is 10.2 Å². The minimum absolute atomic E-state index is 0.145. The van der Waals surface area contributed by atoms with Crippen molar-refractivity contribution in [1.29, 1.82) is 0 Å². The van der Waals surface area contributed by atoms with Crippen LogP contribution in [-0.2, 0) is 5.75 Å². The van der Waals surface area contributed by atoms with E-state index < -0.39 is 12.9 Å². The molecule has 2 rings (SSSR count). The lowest BCUT2D eigenvalue weighted by Crippen LogP contribution is -2.30. The maximum atomic E-state index is 13.4. The van der Waals surface area contributed by atoms with Gasteiger partial charge in [-0.25, -0.2) is 4.39 Å². The molecule has 1 aromatic heterocycles. The van der Waals surface area contributed by atoms with Crippen molar-refractivity contribution in [2.75, 3.05) is 19.0 Å². The fourth-order valence-corrected chi connectivity index (χ4v) is 3.19. The number of hydrogen-bond acceptors (Lipinski definition) is 7. The van der Waals surface area contributed by atoms with Gasteiger partial charge in [-0.15, -0.1) is 10.2 Å². The van der Waals surface area contributed by atoms with Crippen molar-refractivity contribution in [1.82, 2.24) is 10.2 Å². The highest BCUT2D eigenvalue weighted by Crippen LogP contribution is 2.29.